The van der Waals surface area contributed by atoms with Gasteiger partial charge in [0.05, 0.1) is 0 Å². The van der Waals surface area contributed by atoms with Gasteiger partial charge in [-0.3, -0.25) is 14.9 Å². The van der Waals surface area contributed by atoms with E-state index < -0.39 is 18.0 Å². The van der Waals surface area contributed by atoms with Crippen LogP contribution < -0.4 is 16.0 Å². The number of carbonyl (C=O) groups is 3. The van der Waals surface area contributed by atoms with Crippen molar-refractivity contribution in [1.82, 2.24) is 35.7 Å². The summed E-state index contributed by atoms with van der Waals surface area (Å²) < 4.78 is 1.53. The smallest absolute Gasteiger partial charge is 0.322 e. The van der Waals surface area contributed by atoms with Crippen molar-refractivity contribution in [1.29, 1.82) is 0 Å². The van der Waals surface area contributed by atoms with Gasteiger partial charge in [-0.2, -0.15) is 5.10 Å². The second-order valence-corrected chi connectivity index (χ2v) is 5.20. The average Bonchev–Trinajstić information content (AvgIpc) is 3.21. The predicted octanol–water partition coefficient (Wildman–Crippen LogP) is -0.733. The van der Waals surface area contributed by atoms with Gasteiger partial charge in [0, 0.05) is 19.2 Å². The zero-order chi connectivity index (χ0) is 16.9. The van der Waals surface area contributed by atoms with E-state index >= 15 is 0 Å². The van der Waals surface area contributed by atoms with Crippen molar-refractivity contribution in [2.75, 3.05) is 0 Å². The van der Waals surface area contributed by atoms with E-state index in [2.05, 4.69) is 31.0 Å². The lowest BCUT2D eigenvalue weighted by atomic mass is 10.1. The lowest BCUT2D eigenvalue weighted by molar-refractivity contribution is -0.122. The monoisotopic (exact) mass is 329 g/mol. The summed E-state index contributed by atoms with van der Waals surface area (Å²) in [5.41, 5.74) is 0.833. The Morgan fingerprint density at radius 3 is 2.83 bits per heavy atom. The Morgan fingerprint density at radius 2 is 2.21 bits per heavy atom. The maximum absolute atomic E-state index is 11.8. The first kappa shape index (κ1) is 15.6. The summed E-state index contributed by atoms with van der Waals surface area (Å²) in [5, 5.41) is 11.3. The second kappa shape index (κ2) is 6.86. The van der Waals surface area contributed by atoms with E-state index in [1.54, 1.807) is 18.6 Å². The van der Waals surface area contributed by atoms with E-state index in [-0.39, 0.29) is 18.7 Å². The molecule has 0 aliphatic carbocycles. The minimum atomic E-state index is -0.646. The zero-order valence-electron chi connectivity index (χ0n) is 12.6. The normalized spacial score (nSPS) is 16.6. The van der Waals surface area contributed by atoms with E-state index in [1.807, 2.05) is 6.07 Å². The molecular formula is C14H15N7O3. The molecule has 2 aromatic heterocycles. The van der Waals surface area contributed by atoms with Crippen LogP contribution in [0.25, 0.3) is 5.82 Å². The minimum absolute atomic E-state index is 0.142. The van der Waals surface area contributed by atoms with Crippen LogP contribution in [0.2, 0.25) is 0 Å². The summed E-state index contributed by atoms with van der Waals surface area (Å²) in [6.07, 6.45) is 5.00. The molecule has 1 aliphatic rings. The lowest BCUT2D eigenvalue weighted by Crippen LogP contribution is -2.31. The summed E-state index contributed by atoms with van der Waals surface area (Å²) in [7, 11) is 0. The maximum Gasteiger partial charge on any atom is 0.322 e. The molecule has 3 heterocycles. The van der Waals surface area contributed by atoms with Crippen LogP contribution in [0.3, 0.4) is 0 Å². The van der Waals surface area contributed by atoms with Crippen LogP contribution in [0, 0.1) is 0 Å². The summed E-state index contributed by atoms with van der Waals surface area (Å²) >= 11 is 0. The molecule has 4 amide bonds. The molecule has 10 nitrogen and oxygen atoms in total. The van der Waals surface area contributed by atoms with Crippen LogP contribution in [0.5, 0.6) is 0 Å². The Bertz CT molecular complexity index is 742. The number of hydrogen-bond donors (Lipinski definition) is 3. The Labute approximate surface area is 136 Å². The Morgan fingerprint density at radius 1 is 1.33 bits per heavy atom. The number of imide groups is 1. The number of carbonyl (C=O) groups excluding carboxylic acids is 3. The SMILES string of the molecule is O=C(CC[C@H]1NC(=O)NC1=O)NCc1ccc(-n2cncn2)nc1. The number of nitrogens with one attached hydrogen (secondary N) is 3. The highest BCUT2D eigenvalue weighted by Gasteiger charge is 2.29. The first-order valence-electron chi connectivity index (χ1n) is 7.30. The molecule has 0 radical (unpaired) electrons. The van der Waals surface area contributed by atoms with Gasteiger partial charge in [-0.15, -0.1) is 0 Å². The topological polar surface area (TPSA) is 131 Å². The number of rotatable bonds is 6. The Hall–Kier alpha value is -3.30. The molecule has 1 saturated heterocycles. The Balaban J connectivity index is 1.44. The highest BCUT2D eigenvalue weighted by molar-refractivity contribution is 6.04. The van der Waals surface area contributed by atoms with Gasteiger partial charge in [0.2, 0.25) is 5.91 Å². The predicted molar refractivity (Wildman–Crippen MR) is 80.7 cm³/mol. The fraction of sp³-hybridized carbons (Fsp3) is 0.286. The zero-order valence-corrected chi connectivity index (χ0v) is 12.6. The van der Waals surface area contributed by atoms with Gasteiger partial charge in [-0.05, 0) is 18.1 Å². The maximum atomic E-state index is 11.8. The first-order chi connectivity index (χ1) is 11.6. The number of hydrogen-bond acceptors (Lipinski definition) is 6. The summed E-state index contributed by atoms with van der Waals surface area (Å²) in [6, 6.07) is 2.43. The summed E-state index contributed by atoms with van der Waals surface area (Å²) in [4.78, 5) is 42.2. The molecule has 10 heteroatoms. The van der Waals surface area contributed by atoms with E-state index in [4.69, 9.17) is 0 Å². The number of pyridine rings is 1. The van der Waals surface area contributed by atoms with E-state index in [9.17, 15) is 14.4 Å². The quantitative estimate of drug-likeness (QED) is 0.599. The molecule has 1 aliphatic heterocycles. The molecule has 124 valence electrons. The third-order valence-electron chi connectivity index (χ3n) is 3.47. The second-order valence-electron chi connectivity index (χ2n) is 5.20. The average molecular weight is 329 g/mol. The highest BCUT2D eigenvalue weighted by Crippen LogP contribution is 2.05. The number of amides is 4. The molecule has 24 heavy (non-hydrogen) atoms. The van der Waals surface area contributed by atoms with E-state index in [1.165, 1.54) is 11.0 Å². The largest absolute Gasteiger partial charge is 0.352 e. The van der Waals surface area contributed by atoms with Crippen LogP contribution in [0.1, 0.15) is 18.4 Å². The number of aromatic nitrogens is 4. The van der Waals surface area contributed by atoms with E-state index in [0.717, 1.165) is 5.56 Å². The highest BCUT2D eigenvalue weighted by atomic mass is 16.2. The molecule has 1 atom stereocenters. The molecule has 0 saturated carbocycles. The van der Waals surface area contributed by atoms with Crippen LogP contribution >= 0.6 is 0 Å². The molecule has 0 unspecified atom stereocenters. The van der Waals surface area contributed by atoms with Crippen molar-refractivity contribution in [2.45, 2.75) is 25.4 Å². The lowest BCUT2D eigenvalue weighted by Gasteiger charge is -2.08. The van der Waals surface area contributed by atoms with Crippen LogP contribution in [-0.2, 0) is 16.1 Å². The first-order valence-corrected chi connectivity index (χ1v) is 7.30. The van der Waals surface area contributed by atoms with Gasteiger partial charge >= 0.3 is 6.03 Å². The fourth-order valence-corrected chi connectivity index (χ4v) is 2.21. The summed E-state index contributed by atoms with van der Waals surface area (Å²) in [6.45, 7) is 0.326. The molecule has 0 bridgehead atoms. The van der Waals surface area contributed by atoms with Crippen LogP contribution in [0.15, 0.2) is 31.0 Å². The van der Waals surface area contributed by atoms with Gasteiger partial charge < -0.3 is 10.6 Å². The molecule has 1 fully saturated rings. The standard InChI is InChI=1S/C14H15N7O3/c22-12(4-2-10-13(23)20-14(24)19-10)17-6-9-1-3-11(16-5-9)21-8-15-7-18-21/h1,3,5,7-8,10H,2,4,6H2,(H,17,22)(H2,19,20,23,24)/t10-/m1/s1. The minimum Gasteiger partial charge on any atom is -0.352 e. The fourth-order valence-electron chi connectivity index (χ4n) is 2.21. The van der Waals surface area contributed by atoms with Crippen molar-refractivity contribution in [3.05, 3.63) is 36.5 Å². The van der Waals surface area contributed by atoms with Crippen molar-refractivity contribution in [3.63, 3.8) is 0 Å². The van der Waals surface area contributed by atoms with Gasteiger partial charge in [0.25, 0.3) is 5.91 Å². The van der Waals surface area contributed by atoms with Crippen LogP contribution in [0.4, 0.5) is 4.79 Å². The van der Waals surface area contributed by atoms with Crippen molar-refractivity contribution in [3.8, 4) is 5.82 Å². The molecule has 0 aromatic carbocycles. The van der Waals surface area contributed by atoms with E-state index in [0.29, 0.717) is 12.4 Å². The third kappa shape index (κ3) is 3.72. The summed E-state index contributed by atoms with van der Waals surface area (Å²) in [5.74, 6) is 0.0237. The van der Waals surface area contributed by atoms with Crippen molar-refractivity contribution < 1.29 is 14.4 Å². The molecule has 3 rings (SSSR count). The molecule has 3 N–H and O–H groups in total. The van der Waals surface area contributed by atoms with Crippen molar-refractivity contribution in [2.24, 2.45) is 0 Å². The van der Waals surface area contributed by atoms with Gasteiger partial charge in [-0.1, -0.05) is 6.07 Å². The number of urea groups is 1. The molecule has 2 aromatic rings. The molecular weight excluding hydrogens is 314 g/mol. The molecule has 0 spiro atoms. The Kier molecular flexibility index (Phi) is 4.45. The van der Waals surface area contributed by atoms with Crippen molar-refractivity contribution >= 4 is 17.8 Å². The van der Waals surface area contributed by atoms with Gasteiger partial charge in [-0.25, -0.2) is 19.4 Å². The third-order valence-corrected chi connectivity index (χ3v) is 3.47. The van der Waals surface area contributed by atoms with Crippen LogP contribution in [-0.4, -0.2) is 43.6 Å². The van der Waals surface area contributed by atoms with Gasteiger partial charge in [0.15, 0.2) is 5.82 Å². The van der Waals surface area contributed by atoms with Gasteiger partial charge in [0.1, 0.15) is 18.7 Å². The number of nitrogens with zero attached hydrogens (tertiary/aromatic N) is 4.